The fourth-order valence-electron chi connectivity index (χ4n) is 6.24. The normalized spacial score (nSPS) is 13.4. The van der Waals surface area contributed by atoms with Crippen molar-refractivity contribution in [1.29, 1.82) is 0 Å². The van der Waals surface area contributed by atoms with Crippen LogP contribution in [0, 0.1) is 0 Å². The van der Waals surface area contributed by atoms with E-state index in [0.29, 0.717) is 0 Å². The quantitative estimate of drug-likeness (QED) is 0.224. The highest BCUT2D eigenvalue weighted by Crippen LogP contribution is 2.51. The lowest BCUT2D eigenvalue weighted by Crippen LogP contribution is -2.20. The zero-order valence-electron chi connectivity index (χ0n) is 22.9. The highest BCUT2D eigenvalue weighted by atomic mass is 15.2. The van der Waals surface area contributed by atoms with E-state index in [1.54, 1.807) is 0 Å². The van der Waals surface area contributed by atoms with Crippen molar-refractivity contribution in [3.8, 4) is 0 Å². The number of benzene rings is 5. The molecule has 0 fully saturated rings. The largest absolute Gasteiger partial charge is 0.309 e. The number of hydrogen-bond donors (Lipinski definition) is 0. The van der Waals surface area contributed by atoms with E-state index >= 15 is 0 Å². The van der Waals surface area contributed by atoms with Crippen molar-refractivity contribution in [2.24, 2.45) is 0 Å². The molecule has 0 unspecified atom stereocenters. The van der Waals surface area contributed by atoms with Crippen LogP contribution < -0.4 is 9.80 Å². The second kappa shape index (κ2) is 9.73. The molecule has 5 aromatic rings. The van der Waals surface area contributed by atoms with Crippen LogP contribution >= 0.6 is 0 Å². The first-order valence-electron chi connectivity index (χ1n) is 14.2. The first-order valence-corrected chi connectivity index (χ1v) is 14.2. The Balaban J connectivity index is 1.48. The smallest absolute Gasteiger partial charge is 0.0540 e. The summed E-state index contributed by atoms with van der Waals surface area (Å²) in [5, 5.41) is 0. The molecule has 0 atom stereocenters. The van der Waals surface area contributed by atoms with Crippen molar-refractivity contribution in [2.75, 3.05) is 9.80 Å². The van der Waals surface area contributed by atoms with Crippen LogP contribution in [0.25, 0.3) is 11.1 Å². The predicted molar refractivity (Wildman–Crippen MR) is 171 cm³/mol. The summed E-state index contributed by atoms with van der Waals surface area (Å²) in [4.78, 5) is 4.83. The maximum Gasteiger partial charge on any atom is 0.0540 e. The number of unbranched alkanes of at least 4 members (excludes halogenated alkanes) is 1. The molecule has 0 aromatic heterocycles. The van der Waals surface area contributed by atoms with Crippen molar-refractivity contribution < 1.29 is 0 Å². The number of rotatable bonds is 5. The van der Waals surface area contributed by atoms with Crippen LogP contribution in [0.1, 0.15) is 47.6 Å². The summed E-state index contributed by atoms with van der Waals surface area (Å²) >= 11 is 0. The van der Waals surface area contributed by atoms with E-state index < -0.39 is 0 Å². The monoisotopic (exact) mass is 516 g/mol. The Morgan fingerprint density at radius 1 is 0.500 bits per heavy atom. The molecule has 0 bridgehead atoms. The Hall–Kier alpha value is -4.82. The fraction of sp³-hybridized carbons (Fsp3) is 0.105. The number of fused-ring (bicyclic) bond motifs is 4. The third-order valence-electron chi connectivity index (χ3n) is 8.18. The number of aryl methyl sites for hydroxylation is 1. The minimum absolute atomic E-state index is 1.03. The summed E-state index contributed by atoms with van der Waals surface area (Å²) < 4.78 is 0. The van der Waals surface area contributed by atoms with Crippen molar-refractivity contribution >= 4 is 45.3 Å². The van der Waals surface area contributed by atoms with Crippen LogP contribution in [-0.4, -0.2) is 0 Å². The lowest BCUT2D eigenvalue weighted by atomic mass is 9.90. The van der Waals surface area contributed by atoms with Gasteiger partial charge in [0.25, 0.3) is 0 Å². The van der Waals surface area contributed by atoms with Gasteiger partial charge in [0.1, 0.15) is 0 Å². The Morgan fingerprint density at radius 3 is 1.20 bits per heavy atom. The van der Waals surface area contributed by atoms with Gasteiger partial charge in [-0.15, -0.1) is 0 Å². The Morgan fingerprint density at radius 2 is 0.850 bits per heavy atom. The number of para-hydroxylation sites is 4. The van der Waals surface area contributed by atoms with Crippen molar-refractivity contribution in [1.82, 2.24) is 0 Å². The molecule has 0 radical (unpaired) electrons. The molecule has 2 heterocycles. The van der Waals surface area contributed by atoms with E-state index in [9.17, 15) is 0 Å². The van der Waals surface area contributed by atoms with E-state index in [0.717, 1.165) is 64.5 Å². The van der Waals surface area contributed by atoms with Gasteiger partial charge in [0, 0.05) is 33.6 Å². The molecule has 0 spiro atoms. The summed E-state index contributed by atoms with van der Waals surface area (Å²) in [5.41, 5.74) is 15.2. The van der Waals surface area contributed by atoms with E-state index in [1.807, 2.05) is 0 Å². The predicted octanol–water partition coefficient (Wildman–Crippen LogP) is 10.7. The standard InChI is InChI=1S/C38H32N2/c1-4-5-14-28-23-29(39-35-19-10-6-15-31(35)26(2)32-16-7-11-20-36(32)39)25-30(24-28)40-37-21-12-8-17-33(37)27(3)34-18-9-13-22-38(34)40/h6-13,15-25H,2-5,14H2,1H3. The van der Waals surface area contributed by atoms with Gasteiger partial charge in [0.2, 0.25) is 0 Å². The van der Waals surface area contributed by atoms with Gasteiger partial charge < -0.3 is 9.80 Å². The first-order chi connectivity index (χ1) is 19.7. The molecule has 0 saturated heterocycles. The fourth-order valence-corrected chi connectivity index (χ4v) is 6.24. The molecule has 0 N–H and O–H groups in total. The average Bonchev–Trinajstić information content (AvgIpc) is 3.00. The maximum atomic E-state index is 4.49. The minimum atomic E-state index is 1.03. The zero-order chi connectivity index (χ0) is 27.2. The molecule has 7 rings (SSSR count). The van der Waals surface area contributed by atoms with Crippen LogP contribution in [-0.2, 0) is 6.42 Å². The van der Waals surface area contributed by atoms with Gasteiger partial charge in [-0.1, -0.05) is 99.3 Å². The van der Waals surface area contributed by atoms with Crippen molar-refractivity contribution in [3.05, 3.63) is 156 Å². The maximum absolute atomic E-state index is 4.49. The Labute approximate surface area is 237 Å². The van der Waals surface area contributed by atoms with E-state index in [4.69, 9.17) is 0 Å². The van der Waals surface area contributed by atoms with Gasteiger partial charge in [-0.25, -0.2) is 0 Å². The molecule has 2 aliphatic heterocycles. The molecule has 2 aliphatic rings. The first kappa shape index (κ1) is 24.2. The Bertz CT molecular complexity index is 1570. The van der Waals surface area contributed by atoms with Crippen molar-refractivity contribution in [2.45, 2.75) is 26.2 Å². The number of nitrogens with zero attached hydrogens (tertiary/aromatic N) is 2. The lowest BCUT2D eigenvalue weighted by molar-refractivity contribution is 0.795. The van der Waals surface area contributed by atoms with Gasteiger partial charge in [0.05, 0.1) is 22.7 Å². The van der Waals surface area contributed by atoms with Crippen LogP contribution in [0.15, 0.2) is 128 Å². The van der Waals surface area contributed by atoms with Gasteiger partial charge in [-0.05, 0) is 72.0 Å². The summed E-state index contributed by atoms with van der Waals surface area (Å²) in [6.07, 6.45) is 3.34. The van der Waals surface area contributed by atoms with Gasteiger partial charge in [-0.3, -0.25) is 0 Å². The summed E-state index contributed by atoms with van der Waals surface area (Å²) in [6.45, 7) is 11.2. The van der Waals surface area contributed by atoms with Crippen LogP contribution in [0.5, 0.6) is 0 Å². The number of hydrogen-bond acceptors (Lipinski definition) is 2. The molecular weight excluding hydrogens is 484 g/mol. The van der Waals surface area contributed by atoms with E-state index in [2.05, 4.69) is 145 Å². The van der Waals surface area contributed by atoms with Crippen molar-refractivity contribution in [3.63, 3.8) is 0 Å². The second-order valence-corrected chi connectivity index (χ2v) is 10.7. The van der Waals surface area contributed by atoms with E-state index in [1.165, 1.54) is 27.8 Å². The molecular formula is C38H32N2. The van der Waals surface area contributed by atoms with Gasteiger partial charge in [0.15, 0.2) is 0 Å². The molecule has 194 valence electrons. The summed E-state index contributed by atoms with van der Waals surface area (Å²) in [6, 6.07) is 41.6. The third kappa shape index (κ3) is 3.79. The SMILES string of the molecule is C=C1c2ccccc2N(c2cc(CCCC)cc(N3c4ccccc4C(=C)c4ccccc43)c2)c2ccccc21. The average molecular weight is 517 g/mol. The topological polar surface area (TPSA) is 6.48 Å². The molecule has 5 aromatic carbocycles. The number of anilines is 6. The highest BCUT2D eigenvalue weighted by Gasteiger charge is 2.29. The zero-order valence-corrected chi connectivity index (χ0v) is 22.9. The molecule has 2 nitrogen and oxygen atoms in total. The molecule has 0 saturated carbocycles. The molecule has 0 amide bonds. The lowest BCUT2D eigenvalue weighted by Gasteiger charge is -2.37. The minimum Gasteiger partial charge on any atom is -0.309 e. The van der Waals surface area contributed by atoms with Gasteiger partial charge in [-0.2, -0.15) is 0 Å². The summed E-state index contributed by atoms with van der Waals surface area (Å²) in [7, 11) is 0. The highest BCUT2D eigenvalue weighted by molar-refractivity contribution is 6.03. The van der Waals surface area contributed by atoms with Crippen LogP contribution in [0.4, 0.5) is 34.1 Å². The molecule has 0 aliphatic carbocycles. The molecule has 40 heavy (non-hydrogen) atoms. The van der Waals surface area contributed by atoms with Crippen LogP contribution in [0.3, 0.4) is 0 Å². The Kier molecular flexibility index (Phi) is 5.90. The third-order valence-corrected chi connectivity index (χ3v) is 8.18. The van der Waals surface area contributed by atoms with Gasteiger partial charge >= 0.3 is 0 Å². The second-order valence-electron chi connectivity index (χ2n) is 10.7. The summed E-state index contributed by atoms with van der Waals surface area (Å²) in [5.74, 6) is 0. The van der Waals surface area contributed by atoms with E-state index in [-0.39, 0.29) is 0 Å². The molecule has 2 heteroatoms. The van der Waals surface area contributed by atoms with Crippen LogP contribution in [0.2, 0.25) is 0 Å².